The van der Waals surface area contributed by atoms with E-state index in [0.29, 0.717) is 5.69 Å². The zero-order chi connectivity index (χ0) is 15.4. The van der Waals surface area contributed by atoms with Gasteiger partial charge in [-0.1, -0.05) is 0 Å². The highest BCUT2D eigenvalue weighted by molar-refractivity contribution is 5.96. The second-order valence-electron chi connectivity index (χ2n) is 5.21. The summed E-state index contributed by atoms with van der Waals surface area (Å²) in [5.74, 6) is -0.423. The fourth-order valence-electron chi connectivity index (χ4n) is 2.39. The molecule has 0 aliphatic carbocycles. The number of nitro groups is 1. The summed E-state index contributed by atoms with van der Waals surface area (Å²) < 4.78 is 0. The van der Waals surface area contributed by atoms with Crippen LogP contribution in [0.4, 0.5) is 11.4 Å². The Balaban J connectivity index is 2.27. The van der Waals surface area contributed by atoms with Crippen molar-refractivity contribution in [2.45, 2.75) is 25.8 Å². The van der Waals surface area contributed by atoms with Crippen molar-refractivity contribution >= 4 is 17.3 Å². The summed E-state index contributed by atoms with van der Waals surface area (Å²) in [6, 6.07) is 4.12. The Morgan fingerprint density at radius 1 is 1.48 bits per heavy atom. The number of benzene rings is 1. The van der Waals surface area contributed by atoms with Crippen LogP contribution >= 0.6 is 0 Å². The summed E-state index contributed by atoms with van der Waals surface area (Å²) >= 11 is 0. The van der Waals surface area contributed by atoms with Crippen LogP contribution in [0.25, 0.3) is 0 Å². The average molecular weight is 293 g/mol. The molecule has 0 bridgehead atoms. The number of nitrogens with one attached hydrogen (secondary N) is 1. The van der Waals surface area contributed by atoms with Gasteiger partial charge in [0.1, 0.15) is 5.69 Å². The van der Waals surface area contributed by atoms with Crippen LogP contribution in [0.5, 0.6) is 0 Å². The van der Waals surface area contributed by atoms with Gasteiger partial charge < -0.3 is 15.3 Å². The van der Waals surface area contributed by atoms with Crippen molar-refractivity contribution < 1.29 is 14.8 Å². The lowest BCUT2D eigenvalue weighted by molar-refractivity contribution is -0.384. The number of nitrogens with zero attached hydrogens (tertiary/aromatic N) is 2. The lowest BCUT2D eigenvalue weighted by Gasteiger charge is -2.18. The van der Waals surface area contributed by atoms with Gasteiger partial charge in [0.25, 0.3) is 11.6 Å². The molecule has 0 radical (unpaired) electrons. The molecular weight excluding hydrogens is 274 g/mol. The van der Waals surface area contributed by atoms with Crippen LogP contribution in [-0.2, 0) is 0 Å². The third-order valence-corrected chi connectivity index (χ3v) is 3.53. The number of carbonyl (C=O) groups is 1. The second kappa shape index (κ2) is 6.53. The van der Waals surface area contributed by atoms with E-state index < -0.39 is 16.9 Å². The molecular formula is C14H19N3O4. The van der Waals surface area contributed by atoms with Crippen molar-refractivity contribution in [3.05, 3.63) is 33.9 Å². The Bertz CT molecular complexity index is 541. The first-order chi connectivity index (χ1) is 10.0. The lowest BCUT2D eigenvalue weighted by Crippen LogP contribution is -2.35. The van der Waals surface area contributed by atoms with Gasteiger partial charge >= 0.3 is 0 Å². The molecule has 1 aromatic carbocycles. The number of aliphatic hydroxyl groups excluding tert-OH is 1. The van der Waals surface area contributed by atoms with Crippen LogP contribution < -0.4 is 10.2 Å². The van der Waals surface area contributed by atoms with Crippen LogP contribution in [0.3, 0.4) is 0 Å². The first-order valence-corrected chi connectivity index (χ1v) is 6.98. The van der Waals surface area contributed by atoms with Crippen molar-refractivity contribution in [1.82, 2.24) is 5.32 Å². The maximum Gasteiger partial charge on any atom is 0.293 e. The molecule has 1 fully saturated rings. The Hall–Kier alpha value is -2.15. The minimum Gasteiger partial charge on any atom is -0.394 e. The van der Waals surface area contributed by atoms with Gasteiger partial charge in [-0.3, -0.25) is 14.9 Å². The minimum atomic E-state index is -0.458. The summed E-state index contributed by atoms with van der Waals surface area (Å²) in [5.41, 5.74) is 0.732. The molecule has 0 aromatic heterocycles. The quantitative estimate of drug-likeness (QED) is 0.630. The SMILES string of the molecule is CC(CO)NC(=O)c1ccc(N2CCCC2)c([N+](=O)[O-])c1. The topological polar surface area (TPSA) is 95.7 Å². The van der Waals surface area contributed by atoms with Crippen LogP contribution in [0.15, 0.2) is 18.2 Å². The van der Waals surface area contributed by atoms with E-state index in [2.05, 4.69) is 5.32 Å². The molecule has 1 saturated heterocycles. The van der Waals surface area contributed by atoms with Crippen LogP contribution in [-0.4, -0.2) is 41.7 Å². The largest absolute Gasteiger partial charge is 0.394 e. The van der Waals surface area contributed by atoms with Crippen molar-refractivity contribution in [3.63, 3.8) is 0 Å². The van der Waals surface area contributed by atoms with E-state index in [-0.39, 0.29) is 17.9 Å². The Labute approximate surface area is 122 Å². The van der Waals surface area contributed by atoms with E-state index in [1.807, 2.05) is 4.90 Å². The molecule has 2 N–H and O–H groups in total. The maximum atomic E-state index is 12.0. The summed E-state index contributed by atoms with van der Waals surface area (Å²) in [5, 5.41) is 22.7. The van der Waals surface area contributed by atoms with Gasteiger partial charge in [-0.2, -0.15) is 0 Å². The first kappa shape index (κ1) is 15.2. The molecule has 1 aliphatic rings. The van der Waals surface area contributed by atoms with Gasteiger partial charge in [0, 0.05) is 30.8 Å². The van der Waals surface area contributed by atoms with E-state index >= 15 is 0 Å². The third-order valence-electron chi connectivity index (χ3n) is 3.53. The average Bonchev–Trinajstić information content (AvgIpc) is 3.00. The lowest BCUT2D eigenvalue weighted by atomic mass is 10.1. The van der Waals surface area contributed by atoms with Crippen molar-refractivity contribution in [2.75, 3.05) is 24.6 Å². The van der Waals surface area contributed by atoms with Crippen molar-refractivity contribution in [3.8, 4) is 0 Å². The van der Waals surface area contributed by atoms with Gasteiger partial charge in [0.05, 0.1) is 11.5 Å². The highest BCUT2D eigenvalue weighted by atomic mass is 16.6. The standard InChI is InChI=1S/C14H19N3O4/c1-10(9-18)15-14(19)11-4-5-12(13(8-11)17(20)21)16-6-2-3-7-16/h4-5,8,10,18H,2-3,6-7,9H2,1H3,(H,15,19). The molecule has 0 spiro atoms. The van der Waals surface area contributed by atoms with Crippen molar-refractivity contribution in [2.24, 2.45) is 0 Å². The fourth-order valence-corrected chi connectivity index (χ4v) is 2.39. The van der Waals surface area contributed by atoms with Gasteiger partial charge in [0.2, 0.25) is 0 Å². The highest BCUT2D eigenvalue weighted by Crippen LogP contribution is 2.31. The highest BCUT2D eigenvalue weighted by Gasteiger charge is 2.24. The van der Waals surface area contributed by atoms with Crippen molar-refractivity contribution in [1.29, 1.82) is 0 Å². The molecule has 114 valence electrons. The summed E-state index contributed by atoms with van der Waals surface area (Å²) in [7, 11) is 0. The van der Waals surface area contributed by atoms with Crippen LogP contribution in [0.2, 0.25) is 0 Å². The second-order valence-corrected chi connectivity index (χ2v) is 5.21. The number of anilines is 1. The Kier molecular flexibility index (Phi) is 4.74. The molecule has 1 aromatic rings. The molecule has 7 heteroatoms. The van der Waals surface area contributed by atoms with E-state index in [9.17, 15) is 14.9 Å². The maximum absolute atomic E-state index is 12.0. The van der Waals surface area contributed by atoms with E-state index in [0.717, 1.165) is 25.9 Å². The number of hydrogen-bond acceptors (Lipinski definition) is 5. The van der Waals surface area contributed by atoms with Crippen LogP contribution in [0.1, 0.15) is 30.1 Å². The molecule has 7 nitrogen and oxygen atoms in total. The summed E-state index contributed by atoms with van der Waals surface area (Å²) in [4.78, 5) is 24.7. The van der Waals surface area contributed by atoms with Gasteiger partial charge in [0.15, 0.2) is 0 Å². The summed E-state index contributed by atoms with van der Waals surface area (Å²) in [6.45, 7) is 3.08. The molecule has 1 unspecified atom stereocenters. The monoisotopic (exact) mass is 293 g/mol. The Morgan fingerprint density at radius 3 is 2.71 bits per heavy atom. The molecule has 1 amide bonds. The fraction of sp³-hybridized carbons (Fsp3) is 0.500. The number of amides is 1. The number of carbonyl (C=O) groups excluding carboxylic acids is 1. The smallest absolute Gasteiger partial charge is 0.293 e. The predicted molar refractivity (Wildman–Crippen MR) is 78.6 cm³/mol. The predicted octanol–water partition coefficient (Wildman–Crippen LogP) is 1.31. The number of nitro benzene ring substituents is 1. The number of hydrogen-bond donors (Lipinski definition) is 2. The molecule has 21 heavy (non-hydrogen) atoms. The number of aliphatic hydroxyl groups is 1. The zero-order valence-electron chi connectivity index (χ0n) is 11.9. The van der Waals surface area contributed by atoms with E-state index in [1.54, 1.807) is 19.1 Å². The van der Waals surface area contributed by atoms with Crippen LogP contribution in [0, 0.1) is 10.1 Å². The van der Waals surface area contributed by atoms with Gasteiger partial charge in [-0.25, -0.2) is 0 Å². The normalized spacial score (nSPS) is 15.8. The zero-order valence-corrected chi connectivity index (χ0v) is 11.9. The molecule has 0 saturated carbocycles. The molecule has 1 atom stereocenters. The van der Waals surface area contributed by atoms with Gasteiger partial charge in [-0.05, 0) is 31.9 Å². The minimum absolute atomic E-state index is 0.0544. The number of rotatable bonds is 5. The van der Waals surface area contributed by atoms with E-state index in [1.165, 1.54) is 6.07 Å². The summed E-state index contributed by atoms with van der Waals surface area (Å²) in [6.07, 6.45) is 2.04. The molecule has 1 heterocycles. The molecule has 2 rings (SSSR count). The van der Waals surface area contributed by atoms with Gasteiger partial charge in [-0.15, -0.1) is 0 Å². The first-order valence-electron chi connectivity index (χ1n) is 6.98. The third kappa shape index (κ3) is 3.49. The van der Waals surface area contributed by atoms with E-state index in [4.69, 9.17) is 5.11 Å². The Morgan fingerprint density at radius 2 is 2.14 bits per heavy atom. The molecule has 1 aliphatic heterocycles.